The summed E-state index contributed by atoms with van der Waals surface area (Å²) >= 11 is 5.90. The van der Waals surface area contributed by atoms with Crippen molar-refractivity contribution < 1.29 is 18.0 Å². The molecule has 2 aromatic rings. The highest BCUT2D eigenvalue weighted by molar-refractivity contribution is 7.89. The van der Waals surface area contributed by atoms with Crippen LogP contribution in [0.1, 0.15) is 11.1 Å². The van der Waals surface area contributed by atoms with E-state index in [0.29, 0.717) is 18.0 Å². The van der Waals surface area contributed by atoms with Crippen molar-refractivity contribution in [3.8, 4) is 0 Å². The van der Waals surface area contributed by atoms with Gasteiger partial charge < -0.3 is 10.6 Å². The van der Waals surface area contributed by atoms with Gasteiger partial charge in [0.1, 0.15) is 0 Å². The minimum Gasteiger partial charge on any atom is -0.354 e. The van der Waals surface area contributed by atoms with E-state index >= 15 is 0 Å². The van der Waals surface area contributed by atoms with Gasteiger partial charge in [0, 0.05) is 11.6 Å². The summed E-state index contributed by atoms with van der Waals surface area (Å²) in [5, 5.41) is 5.68. The van der Waals surface area contributed by atoms with Gasteiger partial charge in [-0.25, -0.2) is 13.1 Å². The first-order valence-electron chi connectivity index (χ1n) is 8.60. The third-order valence-electron chi connectivity index (χ3n) is 3.83. The fourth-order valence-corrected chi connectivity index (χ4v) is 3.50. The average Bonchev–Trinajstić information content (AvgIpc) is 2.65. The van der Waals surface area contributed by atoms with E-state index in [0.717, 1.165) is 11.1 Å². The molecule has 0 aliphatic heterocycles. The Kier molecular flexibility index (Phi) is 7.98. The monoisotopic (exact) mass is 423 g/mol. The molecule has 7 nitrogen and oxygen atoms in total. The molecule has 0 radical (unpaired) electrons. The first-order valence-corrected chi connectivity index (χ1v) is 10.5. The molecule has 0 atom stereocenters. The van der Waals surface area contributed by atoms with Crippen LogP contribution in [0.15, 0.2) is 53.4 Å². The molecular weight excluding hydrogens is 402 g/mol. The number of carbonyl (C=O) groups excluding carboxylic acids is 2. The molecule has 0 heterocycles. The largest absolute Gasteiger partial charge is 0.354 e. The normalized spacial score (nSPS) is 11.1. The van der Waals surface area contributed by atoms with E-state index in [4.69, 9.17) is 11.6 Å². The molecule has 0 saturated heterocycles. The predicted molar refractivity (Wildman–Crippen MR) is 108 cm³/mol. The Balaban J connectivity index is 1.68. The molecule has 28 heavy (non-hydrogen) atoms. The van der Waals surface area contributed by atoms with Crippen molar-refractivity contribution in [2.24, 2.45) is 0 Å². The van der Waals surface area contributed by atoms with E-state index in [2.05, 4.69) is 15.4 Å². The van der Waals surface area contributed by atoms with Gasteiger partial charge in [-0.05, 0) is 43.2 Å². The van der Waals surface area contributed by atoms with Gasteiger partial charge in [0.25, 0.3) is 0 Å². The lowest BCUT2D eigenvalue weighted by Gasteiger charge is -2.09. The molecule has 0 saturated carbocycles. The summed E-state index contributed by atoms with van der Waals surface area (Å²) in [4.78, 5) is 23.6. The van der Waals surface area contributed by atoms with Gasteiger partial charge >= 0.3 is 0 Å². The van der Waals surface area contributed by atoms with Gasteiger partial charge in [-0.15, -0.1) is 0 Å². The molecule has 2 aromatic carbocycles. The smallest absolute Gasteiger partial charge is 0.241 e. The number of sulfonamides is 1. The van der Waals surface area contributed by atoms with Crippen LogP contribution in [-0.4, -0.2) is 39.9 Å². The topological polar surface area (TPSA) is 104 Å². The Hall–Kier alpha value is -2.42. The maximum Gasteiger partial charge on any atom is 0.241 e. The van der Waals surface area contributed by atoms with E-state index in [9.17, 15) is 18.0 Å². The van der Waals surface area contributed by atoms with E-state index in [1.165, 1.54) is 12.1 Å². The molecule has 150 valence electrons. The third-order valence-corrected chi connectivity index (χ3v) is 5.48. The SMILES string of the molecule is Cc1ccc(S(=O)(=O)NCC(=O)NCC(=O)NCCc2cccc(Cl)c2)cc1. The molecule has 2 amide bonds. The molecule has 0 fully saturated rings. The highest BCUT2D eigenvalue weighted by Gasteiger charge is 2.15. The summed E-state index contributed by atoms with van der Waals surface area (Å²) in [6.45, 7) is 1.55. The zero-order valence-electron chi connectivity index (χ0n) is 15.4. The van der Waals surface area contributed by atoms with Crippen LogP contribution in [0.5, 0.6) is 0 Å². The van der Waals surface area contributed by atoms with Crippen molar-refractivity contribution in [1.82, 2.24) is 15.4 Å². The number of amides is 2. The Morgan fingerprint density at radius 2 is 1.64 bits per heavy atom. The van der Waals surface area contributed by atoms with Gasteiger partial charge in [0.2, 0.25) is 21.8 Å². The maximum absolute atomic E-state index is 12.1. The molecule has 0 aliphatic rings. The second kappa shape index (κ2) is 10.2. The lowest BCUT2D eigenvalue weighted by molar-refractivity contribution is -0.125. The van der Waals surface area contributed by atoms with Crippen molar-refractivity contribution in [2.45, 2.75) is 18.2 Å². The second-order valence-corrected chi connectivity index (χ2v) is 8.35. The first-order chi connectivity index (χ1) is 13.3. The molecule has 0 aromatic heterocycles. The van der Waals surface area contributed by atoms with Crippen molar-refractivity contribution in [3.05, 3.63) is 64.7 Å². The lowest BCUT2D eigenvalue weighted by Crippen LogP contribution is -2.42. The number of hydrogen-bond acceptors (Lipinski definition) is 4. The van der Waals surface area contributed by atoms with Crippen LogP contribution in [0.25, 0.3) is 0 Å². The minimum atomic E-state index is -3.78. The predicted octanol–water partition coefficient (Wildman–Crippen LogP) is 1.40. The Morgan fingerprint density at radius 1 is 0.964 bits per heavy atom. The van der Waals surface area contributed by atoms with Gasteiger partial charge in [0.15, 0.2) is 0 Å². The van der Waals surface area contributed by atoms with Gasteiger partial charge in [-0.2, -0.15) is 0 Å². The summed E-state index contributed by atoms with van der Waals surface area (Å²) in [6.07, 6.45) is 0.608. The van der Waals surface area contributed by atoms with Crippen LogP contribution < -0.4 is 15.4 Å². The van der Waals surface area contributed by atoms with Crippen LogP contribution in [0.4, 0.5) is 0 Å². The summed E-state index contributed by atoms with van der Waals surface area (Å²) in [7, 11) is -3.78. The molecule has 0 bridgehead atoms. The van der Waals surface area contributed by atoms with E-state index in [1.54, 1.807) is 18.2 Å². The summed E-state index contributed by atoms with van der Waals surface area (Å²) in [6, 6.07) is 13.6. The van der Waals surface area contributed by atoms with Crippen LogP contribution in [-0.2, 0) is 26.0 Å². The number of aryl methyl sites for hydroxylation is 1. The average molecular weight is 424 g/mol. The molecule has 2 rings (SSSR count). The zero-order chi connectivity index (χ0) is 20.6. The maximum atomic E-state index is 12.1. The van der Waals surface area contributed by atoms with Crippen LogP contribution >= 0.6 is 11.6 Å². The third kappa shape index (κ3) is 7.30. The van der Waals surface area contributed by atoms with Crippen molar-refractivity contribution in [2.75, 3.05) is 19.6 Å². The van der Waals surface area contributed by atoms with Gasteiger partial charge in [0.05, 0.1) is 18.0 Å². The highest BCUT2D eigenvalue weighted by atomic mass is 35.5. The van der Waals surface area contributed by atoms with Crippen molar-refractivity contribution >= 4 is 33.4 Å². The fraction of sp³-hybridized carbons (Fsp3) is 0.263. The molecule has 0 unspecified atom stereocenters. The molecule has 9 heteroatoms. The van der Waals surface area contributed by atoms with E-state index in [-0.39, 0.29) is 17.3 Å². The van der Waals surface area contributed by atoms with Crippen LogP contribution in [0.3, 0.4) is 0 Å². The Bertz CT molecular complexity index is 930. The standard InChI is InChI=1S/C19H22ClN3O4S/c1-14-5-7-17(8-6-14)28(26,27)23-13-19(25)22-12-18(24)21-10-9-15-3-2-4-16(20)11-15/h2-8,11,23H,9-10,12-13H2,1H3,(H,21,24)(H,22,25). The Labute approximate surface area is 169 Å². The van der Waals surface area contributed by atoms with Crippen molar-refractivity contribution in [1.29, 1.82) is 0 Å². The summed E-state index contributed by atoms with van der Waals surface area (Å²) in [5.41, 5.74) is 1.92. The van der Waals surface area contributed by atoms with Crippen molar-refractivity contribution in [3.63, 3.8) is 0 Å². The lowest BCUT2D eigenvalue weighted by atomic mass is 10.1. The quantitative estimate of drug-likeness (QED) is 0.567. The van der Waals surface area contributed by atoms with E-state index in [1.807, 2.05) is 25.1 Å². The minimum absolute atomic E-state index is 0.0738. The number of nitrogens with one attached hydrogen (secondary N) is 3. The molecule has 3 N–H and O–H groups in total. The van der Waals surface area contributed by atoms with Gasteiger partial charge in [-0.1, -0.05) is 41.4 Å². The number of benzene rings is 2. The zero-order valence-corrected chi connectivity index (χ0v) is 16.9. The molecular formula is C19H22ClN3O4S. The van der Waals surface area contributed by atoms with Gasteiger partial charge in [-0.3, -0.25) is 9.59 Å². The first kappa shape index (κ1) is 21.9. The molecule has 0 aliphatic carbocycles. The second-order valence-electron chi connectivity index (χ2n) is 6.14. The molecule has 0 spiro atoms. The fourth-order valence-electron chi connectivity index (χ4n) is 2.30. The van der Waals surface area contributed by atoms with E-state index < -0.39 is 22.5 Å². The van der Waals surface area contributed by atoms with Crippen LogP contribution in [0.2, 0.25) is 5.02 Å². The van der Waals surface area contributed by atoms with Crippen LogP contribution in [0, 0.1) is 6.92 Å². The Morgan fingerprint density at radius 3 is 2.32 bits per heavy atom. The number of rotatable bonds is 9. The highest BCUT2D eigenvalue weighted by Crippen LogP contribution is 2.11. The summed E-state index contributed by atoms with van der Waals surface area (Å²) in [5.74, 6) is -0.961. The number of halogens is 1. The summed E-state index contributed by atoms with van der Waals surface area (Å²) < 4.78 is 26.4. The number of hydrogen-bond donors (Lipinski definition) is 3. The number of carbonyl (C=O) groups is 2.